The zero-order valence-corrected chi connectivity index (χ0v) is 12.6. The van der Waals surface area contributed by atoms with E-state index in [9.17, 15) is 4.79 Å². The Hall–Kier alpha value is -1.71. The predicted octanol–water partition coefficient (Wildman–Crippen LogP) is 2.93. The summed E-state index contributed by atoms with van der Waals surface area (Å²) >= 11 is 0. The molecule has 0 amide bonds. The smallest absolute Gasteiger partial charge is 0.338 e. The van der Waals surface area contributed by atoms with E-state index in [0.717, 1.165) is 18.8 Å². The van der Waals surface area contributed by atoms with Crippen LogP contribution in [0.1, 0.15) is 37.6 Å². The molecule has 0 radical (unpaired) electrons. The fraction of sp³-hybridized carbons (Fsp3) is 0.562. The summed E-state index contributed by atoms with van der Waals surface area (Å²) in [5.74, 6) is 1.02. The summed E-state index contributed by atoms with van der Waals surface area (Å²) in [5.41, 5.74) is 8.32. The number of carbonyl (C=O) groups excluding carboxylic acids is 1. The number of carbonyl (C=O) groups is 1. The van der Waals surface area contributed by atoms with Gasteiger partial charge in [-0.25, -0.2) is 4.79 Å². The third-order valence-electron chi connectivity index (χ3n) is 3.75. The zero-order valence-electron chi connectivity index (χ0n) is 12.6. The number of piperidine rings is 1. The average molecular weight is 276 g/mol. The van der Waals surface area contributed by atoms with Gasteiger partial charge in [0.2, 0.25) is 0 Å². The maximum atomic E-state index is 11.7. The Morgan fingerprint density at radius 3 is 2.55 bits per heavy atom. The van der Waals surface area contributed by atoms with Gasteiger partial charge in [-0.1, -0.05) is 13.8 Å². The van der Waals surface area contributed by atoms with Gasteiger partial charge in [-0.3, -0.25) is 0 Å². The lowest BCUT2D eigenvalue weighted by molar-refractivity contribution is 0.0526. The molecular weight excluding hydrogens is 252 g/mol. The van der Waals surface area contributed by atoms with Crippen LogP contribution in [0.3, 0.4) is 0 Å². The Morgan fingerprint density at radius 2 is 2.00 bits per heavy atom. The molecule has 2 N–H and O–H groups in total. The van der Waals surface area contributed by atoms with Gasteiger partial charge < -0.3 is 15.4 Å². The molecule has 1 heterocycles. The number of hydrogen-bond acceptors (Lipinski definition) is 4. The van der Waals surface area contributed by atoms with Crippen LogP contribution in [0.2, 0.25) is 0 Å². The van der Waals surface area contributed by atoms with Crippen molar-refractivity contribution in [3.63, 3.8) is 0 Å². The lowest BCUT2D eigenvalue weighted by Gasteiger charge is -2.37. The Labute approximate surface area is 120 Å². The highest BCUT2D eigenvalue weighted by molar-refractivity contribution is 5.92. The van der Waals surface area contributed by atoms with E-state index in [1.165, 1.54) is 6.42 Å². The van der Waals surface area contributed by atoms with Crippen LogP contribution in [0.25, 0.3) is 0 Å². The molecule has 2 atom stereocenters. The summed E-state index contributed by atoms with van der Waals surface area (Å²) in [6.07, 6.45) is 1.26. The first-order chi connectivity index (χ1) is 9.51. The maximum Gasteiger partial charge on any atom is 0.338 e. The summed E-state index contributed by atoms with van der Waals surface area (Å²) in [6, 6.07) is 5.46. The van der Waals surface area contributed by atoms with Crippen LogP contribution in [0.5, 0.6) is 0 Å². The highest BCUT2D eigenvalue weighted by Gasteiger charge is 2.23. The minimum Gasteiger partial charge on any atom is -0.462 e. The molecule has 4 nitrogen and oxygen atoms in total. The van der Waals surface area contributed by atoms with Gasteiger partial charge in [-0.15, -0.1) is 0 Å². The van der Waals surface area contributed by atoms with Gasteiger partial charge in [0.05, 0.1) is 23.5 Å². The molecule has 4 heteroatoms. The lowest BCUT2D eigenvalue weighted by Crippen LogP contribution is -2.39. The van der Waals surface area contributed by atoms with Crippen LogP contribution < -0.4 is 10.6 Å². The van der Waals surface area contributed by atoms with Crippen molar-refractivity contribution in [3.8, 4) is 0 Å². The van der Waals surface area contributed by atoms with E-state index in [1.807, 2.05) is 6.07 Å². The molecular formula is C16H24N2O2. The molecule has 1 fully saturated rings. The highest BCUT2D eigenvalue weighted by atomic mass is 16.5. The Balaban J connectivity index is 2.19. The summed E-state index contributed by atoms with van der Waals surface area (Å²) < 4.78 is 4.99. The molecule has 0 spiro atoms. The van der Waals surface area contributed by atoms with E-state index in [1.54, 1.807) is 19.1 Å². The van der Waals surface area contributed by atoms with Crippen LogP contribution in [-0.4, -0.2) is 25.7 Å². The molecule has 0 unspecified atom stereocenters. The van der Waals surface area contributed by atoms with Gasteiger partial charge in [-0.2, -0.15) is 0 Å². The number of hydrogen-bond donors (Lipinski definition) is 1. The van der Waals surface area contributed by atoms with Gasteiger partial charge in [0.1, 0.15) is 0 Å². The maximum absolute atomic E-state index is 11.7. The number of anilines is 2. The van der Waals surface area contributed by atoms with E-state index in [4.69, 9.17) is 10.5 Å². The molecule has 1 aliphatic rings. The summed E-state index contributed by atoms with van der Waals surface area (Å²) in [5, 5.41) is 0. The van der Waals surface area contributed by atoms with E-state index in [2.05, 4.69) is 18.7 Å². The molecule has 20 heavy (non-hydrogen) atoms. The van der Waals surface area contributed by atoms with Crippen molar-refractivity contribution >= 4 is 17.3 Å². The quantitative estimate of drug-likeness (QED) is 0.681. The predicted molar refractivity (Wildman–Crippen MR) is 82.0 cm³/mol. The minimum absolute atomic E-state index is 0.314. The number of esters is 1. The van der Waals surface area contributed by atoms with Crippen molar-refractivity contribution < 1.29 is 9.53 Å². The summed E-state index contributed by atoms with van der Waals surface area (Å²) in [7, 11) is 0. The van der Waals surface area contributed by atoms with Crippen molar-refractivity contribution in [2.24, 2.45) is 11.8 Å². The van der Waals surface area contributed by atoms with Gasteiger partial charge in [0.25, 0.3) is 0 Å². The standard InChI is InChI=1S/C16H24N2O2/c1-4-20-16(19)13-5-6-15(14(17)8-13)18-9-11(2)7-12(3)10-18/h5-6,8,11-12H,4,7,9-10,17H2,1-3H3/t11-,12-/m0/s1. The summed E-state index contributed by atoms with van der Waals surface area (Å²) in [6.45, 7) is 8.76. The first kappa shape index (κ1) is 14.7. The van der Waals surface area contributed by atoms with Gasteiger partial charge in [0.15, 0.2) is 0 Å². The van der Waals surface area contributed by atoms with Crippen molar-refractivity contribution in [2.75, 3.05) is 30.3 Å². The molecule has 0 bridgehead atoms. The number of ether oxygens (including phenoxy) is 1. The monoisotopic (exact) mass is 276 g/mol. The second kappa shape index (κ2) is 6.16. The highest BCUT2D eigenvalue weighted by Crippen LogP contribution is 2.30. The summed E-state index contributed by atoms with van der Waals surface area (Å²) in [4.78, 5) is 14.0. The van der Waals surface area contributed by atoms with Crippen molar-refractivity contribution in [1.29, 1.82) is 0 Å². The van der Waals surface area contributed by atoms with E-state index in [-0.39, 0.29) is 5.97 Å². The SMILES string of the molecule is CCOC(=O)c1ccc(N2C[C@@H](C)C[C@H](C)C2)c(N)c1. The number of nitrogens with two attached hydrogens (primary N) is 1. The third kappa shape index (κ3) is 3.24. The molecule has 1 aliphatic heterocycles. The first-order valence-electron chi connectivity index (χ1n) is 7.32. The molecule has 0 aromatic heterocycles. The fourth-order valence-electron chi connectivity index (χ4n) is 3.04. The second-order valence-corrected chi connectivity index (χ2v) is 5.85. The van der Waals surface area contributed by atoms with Crippen LogP contribution in [-0.2, 0) is 4.74 Å². The molecule has 1 aromatic rings. The van der Waals surface area contributed by atoms with Gasteiger partial charge in [-0.05, 0) is 43.4 Å². The van der Waals surface area contributed by atoms with E-state index < -0.39 is 0 Å². The zero-order chi connectivity index (χ0) is 14.7. The Kier molecular flexibility index (Phi) is 4.53. The molecule has 1 saturated heterocycles. The van der Waals surface area contributed by atoms with Crippen LogP contribution in [0.4, 0.5) is 11.4 Å². The average Bonchev–Trinajstić information content (AvgIpc) is 2.37. The third-order valence-corrected chi connectivity index (χ3v) is 3.75. The number of nitrogens with zero attached hydrogens (tertiary/aromatic N) is 1. The van der Waals surface area contributed by atoms with Crippen molar-refractivity contribution in [2.45, 2.75) is 27.2 Å². The van der Waals surface area contributed by atoms with Gasteiger partial charge in [0, 0.05) is 13.1 Å². The number of nitrogen functional groups attached to an aromatic ring is 1. The fourth-order valence-corrected chi connectivity index (χ4v) is 3.04. The number of benzene rings is 1. The van der Waals surface area contributed by atoms with Crippen LogP contribution >= 0.6 is 0 Å². The topological polar surface area (TPSA) is 55.6 Å². The molecule has 1 aromatic carbocycles. The lowest BCUT2D eigenvalue weighted by atomic mass is 9.91. The second-order valence-electron chi connectivity index (χ2n) is 5.85. The molecule has 110 valence electrons. The van der Waals surface area contributed by atoms with E-state index >= 15 is 0 Å². The first-order valence-corrected chi connectivity index (χ1v) is 7.32. The normalized spacial score (nSPS) is 22.6. The Bertz CT molecular complexity index is 477. The molecule has 0 aliphatic carbocycles. The Morgan fingerprint density at radius 1 is 1.35 bits per heavy atom. The van der Waals surface area contributed by atoms with Crippen molar-refractivity contribution in [1.82, 2.24) is 0 Å². The van der Waals surface area contributed by atoms with Crippen LogP contribution in [0, 0.1) is 11.8 Å². The van der Waals surface area contributed by atoms with Crippen LogP contribution in [0.15, 0.2) is 18.2 Å². The molecule has 0 saturated carbocycles. The van der Waals surface area contributed by atoms with Crippen molar-refractivity contribution in [3.05, 3.63) is 23.8 Å². The van der Waals surface area contributed by atoms with E-state index in [0.29, 0.717) is 29.7 Å². The van der Waals surface area contributed by atoms with Gasteiger partial charge >= 0.3 is 5.97 Å². The minimum atomic E-state index is -0.314. The molecule has 2 rings (SSSR count). The number of rotatable bonds is 3. The largest absolute Gasteiger partial charge is 0.462 e.